The minimum atomic E-state index is -0.331. The van der Waals surface area contributed by atoms with Crippen LogP contribution in [0.15, 0.2) is 0 Å². The summed E-state index contributed by atoms with van der Waals surface area (Å²) in [6.07, 6.45) is 2.21. The van der Waals surface area contributed by atoms with Gasteiger partial charge in [0.05, 0.1) is 13.7 Å². The summed E-state index contributed by atoms with van der Waals surface area (Å²) in [4.78, 5) is 25.1. The van der Waals surface area contributed by atoms with E-state index in [0.29, 0.717) is 19.0 Å². The maximum Gasteiger partial charge on any atom is 0.324 e. The Morgan fingerprint density at radius 3 is 2.74 bits per heavy atom. The third-order valence-electron chi connectivity index (χ3n) is 3.70. The van der Waals surface area contributed by atoms with Gasteiger partial charge >= 0.3 is 5.97 Å². The van der Waals surface area contributed by atoms with Crippen LogP contribution in [-0.2, 0) is 14.3 Å². The van der Waals surface area contributed by atoms with Gasteiger partial charge in [-0.1, -0.05) is 0 Å². The molecule has 2 saturated heterocycles. The number of halogens is 1. The molecule has 1 atom stereocenters. The fourth-order valence-corrected chi connectivity index (χ4v) is 2.65. The third kappa shape index (κ3) is 4.33. The van der Waals surface area contributed by atoms with Gasteiger partial charge < -0.3 is 15.4 Å². The van der Waals surface area contributed by atoms with E-state index in [1.165, 1.54) is 7.11 Å². The molecule has 2 fully saturated rings. The van der Waals surface area contributed by atoms with E-state index in [-0.39, 0.29) is 30.3 Å². The molecule has 19 heavy (non-hydrogen) atoms. The van der Waals surface area contributed by atoms with Crippen molar-refractivity contribution in [2.45, 2.75) is 18.9 Å². The number of methoxy groups -OCH3 is 1. The van der Waals surface area contributed by atoms with Crippen LogP contribution in [0.2, 0.25) is 0 Å². The molecule has 1 amide bonds. The first-order valence-electron chi connectivity index (χ1n) is 6.50. The van der Waals surface area contributed by atoms with Gasteiger partial charge in [-0.05, 0) is 31.8 Å². The number of esters is 1. The molecule has 110 valence electrons. The molecule has 1 unspecified atom stereocenters. The molecule has 0 aromatic heterocycles. The number of nitrogens with zero attached hydrogens (tertiary/aromatic N) is 1. The second-order valence-electron chi connectivity index (χ2n) is 4.97. The zero-order valence-electron chi connectivity index (χ0n) is 11.2. The number of carbonyl (C=O) groups is 2. The van der Waals surface area contributed by atoms with E-state index in [4.69, 9.17) is 4.74 Å². The third-order valence-corrected chi connectivity index (χ3v) is 3.70. The largest absolute Gasteiger partial charge is 0.468 e. The molecular weight excluding hydrogens is 270 g/mol. The zero-order valence-corrected chi connectivity index (χ0v) is 12.0. The van der Waals surface area contributed by atoms with Gasteiger partial charge in [-0.3, -0.25) is 14.5 Å². The average Bonchev–Trinajstić information content (AvgIpc) is 2.39. The van der Waals surface area contributed by atoms with Crippen molar-refractivity contribution < 1.29 is 14.3 Å². The lowest BCUT2D eigenvalue weighted by Crippen LogP contribution is -2.59. The lowest BCUT2D eigenvalue weighted by atomic mass is 9.96. The summed E-state index contributed by atoms with van der Waals surface area (Å²) in [6.45, 7) is 3.50. The number of rotatable bonds is 3. The summed E-state index contributed by atoms with van der Waals surface area (Å²) in [5.74, 6) is 0.289. The van der Waals surface area contributed by atoms with Gasteiger partial charge in [0.1, 0.15) is 6.04 Å². The molecular formula is C12H22ClN3O3. The lowest BCUT2D eigenvalue weighted by Gasteiger charge is -2.36. The molecule has 0 aromatic rings. The van der Waals surface area contributed by atoms with Gasteiger partial charge in [0.25, 0.3) is 0 Å². The summed E-state index contributed by atoms with van der Waals surface area (Å²) in [5.41, 5.74) is 0. The number of hydrogen-bond donors (Lipinski definition) is 2. The normalized spacial score (nSPS) is 25.3. The molecule has 0 aliphatic carbocycles. The standard InChI is InChI=1S/C12H21N3O3.ClH/c1-18-12(17)10-6-14-11(16)8-15(10)7-9-2-4-13-5-3-9;/h9-10,13H,2-8H2,1H3,(H,14,16);1H. The Labute approximate surface area is 119 Å². The molecule has 0 saturated carbocycles. The van der Waals surface area contributed by atoms with Gasteiger partial charge in [0, 0.05) is 13.1 Å². The van der Waals surface area contributed by atoms with E-state index in [0.717, 1.165) is 32.5 Å². The molecule has 6 nitrogen and oxygen atoms in total. The van der Waals surface area contributed by atoms with Crippen LogP contribution in [0, 0.1) is 5.92 Å². The first-order chi connectivity index (χ1) is 8.70. The molecule has 0 spiro atoms. The quantitative estimate of drug-likeness (QED) is 0.678. The van der Waals surface area contributed by atoms with Crippen molar-refractivity contribution >= 4 is 24.3 Å². The van der Waals surface area contributed by atoms with E-state index in [1.54, 1.807) is 0 Å². The van der Waals surface area contributed by atoms with Crippen LogP contribution in [0.3, 0.4) is 0 Å². The number of nitrogens with one attached hydrogen (secondary N) is 2. The molecule has 2 aliphatic heterocycles. The van der Waals surface area contributed by atoms with Gasteiger partial charge in [-0.2, -0.15) is 0 Å². The minimum absolute atomic E-state index is 0. The number of piperidine rings is 1. The van der Waals surface area contributed by atoms with Crippen LogP contribution < -0.4 is 10.6 Å². The highest BCUT2D eigenvalue weighted by Gasteiger charge is 2.34. The van der Waals surface area contributed by atoms with Gasteiger partial charge in [0.15, 0.2) is 0 Å². The van der Waals surface area contributed by atoms with E-state index >= 15 is 0 Å². The van der Waals surface area contributed by atoms with Crippen molar-refractivity contribution in [2.24, 2.45) is 5.92 Å². The minimum Gasteiger partial charge on any atom is -0.468 e. The number of piperazine rings is 1. The molecule has 0 bridgehead atoms. The monoisotopic (exact) mass is 291 g/mol. The molecule has 2 aliphatic rings. The average molecular weight is 292 g/mol. The van der Waals surface area contributed by atoms with Crippen molar-refractivity contribution in [1.82, 2.24) is 15.5 Å². The van der Waals surface area contributed by atoms with Gasteiger partial charge in [0.2, 0.25) is 5.91 Å². The Morgan fingerprint density at radius 2 is 2.11 bits per heavy atom. The molecule has 2 rings (SSSR count). The summed E-state index contributed by atoms with van der Waals surface area (Å²) < 4.78 is 4.80. The van der Waals surface area contributed by atoms with Crippen LogP contribution in [0.25, 0.3) is 0 Å². The molecule has 0 aromatic carbocycles. The Bertz CT molecular complexity index is 321. The van der Waals surface area contributed by atoms with Crippen LogP contribution in [-0.4, -0.2) is 62.7 Å². The van der Waals surface area contributed by atoms with Crippen molar-refractivity contribution in [1.29, 1.82) is 0 Å². The Kier molecular flexibility index (Phi) is 6.54. The van der Waals surface area contributed by atoms with Gasteiger partial charge in [-0.15, -0.1) is 12.4 Å². The predicted octanol–water partition coefficient (Wildman–Crippen LogP) is -0.619. The van der Waals surface area contributed by atoms with Crippen molar-refractivity contribution in [3.05, 3.63) is 0 Å². The number of hydrogen-bond acceptors (Lipinski definition) is 5. The first-order valence-corrected chi connectivity index (χ1v) is 6.50. The topological polar surface area (TPSA) is 70.7 Å². The highest BCUT2D eigenvalue weighted by molar-refractivity contribution is 5.85. The highest BCUT2D eigenvalue weighted by Crippen LogP contribution is 2.16. The summed E-state index contributed by atoms with van der Waals surface area (Å²) in [6, 6.07) is -0.331. The molecule has 2 N–H and O–H groups in total. The SMILES string of the molecule is COC(=O)C1CNC(=O)CN1CC1CCNCC1.Cl. The number of ether oxygens (including phenoxy) is 1. The molecule has 0 radical (unpaired) electrons. The maximum absolute atomic E-state index is 11.7. The van der Waals surface area contributed by atoms with Crippen LogP contribution in [0.4, 0.5) is 0 Å². The van der Waals surface area contributed by atoms with E-state index in [2.05, 4.69) is 10.6 Å². The fraction of sp³-hybridized carbons (Fsp3) is 0.833. The fourth-order valence-electron chi connectivity index (χ4n) is 2.65. The van der Waals surface area contributed by atoms with E-state index in [1.807, 2.05) is 4.90 Å². The summed E-state index contributed by atoms with van der Waals surface area (Å²) in [5, 5.41) is 6.04. The smallest absolute Gasteiger partial charge is 0.324 e. The number of amides is 1. The summed E-state index contributed by atoms with van der Waals surface area (Å²) in [7, 11) is 1.39. The van der Waals surface area contributed by atoms with Crippen molar-refractivity contribution in [3.63, 3.8) is 0 Å². The van der Waals surface area contributed by atoms with Gasteiger partial charge in [-0.25, -0.2) is 0 Å². The van der Waals surface area contributed by atoms with Crippen molar-refractivity contribution in [3.8, 4) is 0 Å². The predicted molar refractivity (Wildman–Crippen MR) is 73.2 cm³/mol. The Morgan fingerprint density at radius 1 is 1.42 bits per heavy atom. The lowest BCUT2D eigenvalue weighted by molar-refractivity contribution is -0.149. The van der Waals surface area contributed by atoms with Crippen molar-refractivity contribution in [2.75, 3.05) is 39.8 Å². The van der Waals surface area contributed by atoms with Crippen LogP contribution >= 0.6 is 12.4 Å². The van der Waals surface area contributed by atoms with E-state index in [9.17, 15) is 9.59 Å². The zero-order chi connectivity index (χ0) is 13.0. The molecule has 2 heterocycles. The second kappa shape index (κ2) is 7.67. The first kappa shape index (κ1) is 16.2. The Balaban J connectivity index is 0.00000180. The second-order valence-corrected chi connectivity index (χ2v) is 4.97. The van der Waals surface area contributed by atoms with E-state index < -0.39 is 0 Å². The van der Waals surface area contributed by atoms with Crippen LogP contribution in [0.5, 0.6) is 0 Å². The Hall–Kier alpha value is -0.850. The number of carbonyl (C=O) groups excluding carboxylic acids is 2. The maximum atomic E-state index is 11.7. The van der Waals surface area contributed by atoms with Crippen LogP contribution in [0.1, 0.15) is 12.8 Å². The summed E-state index contributed by atoms with van der Waals surface area (Å²) >= 11 is 0. The molecule has 7 heteroatoms. The highest BCUT2D eigenvalue weighted by atomic mass is 35.5.